The van der Waals surface area contributed by atoms with Crippen LogP contribution in [0, 0.1) is 13.8 Å². The normalized spacial score (nSPS) is 18.4. The van der Waals surface area contributed by atoms with E-state index in [1.807, 2.05) is 26.8 Å². The van der Waals surface area contributed by atoms with Gasteiger partial charge in [-0.25, -0.2) is 0 Å². The first-order valence-electron chi connectivity index (χ1n) is 7.70. The highest BCUT2D eigenvalue weighted by Crippen LogP contribution is 2.18. The highest BCUT2D eigenvalue weighted by molar-refractivity contribution is 5.95. The summed E-state index contributed by atoms with van der Waals surface area (Å²) in [7, 11) is 0. The number of nitrogens with zero attached hydrogens (tertiary/aromatic N) is 1. The molecule has 1 aromatic carbocycles. The van der Waals surface area contributed by atoms with Crippen molar-refractivity contribution in [2.75, 3.05) is 18.4 Å². The molecule has 1 N–H and O–H groups in total. The molecule has 1 aromatic rings. The van der Waals surface area contributed by atoms with Gasteiger partial charge in [-0.3, -0.25) is 9.69 Å². The maximum absolute atomic E-state index is 12.4. The van der Waals surface area contributed by atoms with E-state index in [9.17, 15) is 4.79 Å². The number of anilines is 1. The number of carbonyl (C=O) groups is 1. The topological polar surface area (TPSA) is 32.3 Å². The van der Waals surface area contributed by atoms with Crippen molar-refractivity contribution in [1.82, 2.24) is 4.90 Å². The molecule has 1 unspecified atom stereocenters. The van der Waals surface area contributed by atoms with Crippen LogP contribution in [0.4, 0.5) is 5.69 Å². The number of carbonyl (C=O) groups excluding carboxylic acids is 1. The van der Waals surface area contributed by atoms with E-state index < -0.39 is 0 Å². The highest BCUT2D eigenvalue weighted by Gasteiger charge is 2.22. The van der Waals surface area contributed by atoms with E-state index in [0.717, 1.165) is 24.3 Å². The standard InChI is InChI=1S/C17H26N2O/c1-13-8-9-14(2)16(12-13)18-17(20)15(3)19-10-6-4-5-7-11-19/h8-9,12,15H,4-7,10-11H2,1-3H3,(H,18,20). The summed E-state index contributed by atoms with van der Waals surface area (Å²) in [5.74, 6) is 0.112. The molecule has 0 radical (unpaired) electrons. The number of aryl methyl sites for hydroxylation is 2. The molecule has 110 valence electrons. The summed E-state index contributed by atoms with van der Waals surface area (Å²) in [6, 6.07) is 6.13. The first-order valence-corrected chi connectivity index (χ1v) is 7.70. The Morgan fingerprint density at radius 1 is 1.15 bits per heavy atom. The van der Waals surface area contributed by atoms with Crippen LogP contribution in [-0.2, 0) is 4.79 Å². The molecule has 1 amide bonds. The van der Waals surface area contributed by atoms with Gasteiger partial charge < -0.3 is 5.32 Å². The van der Waals surface area contributed by atoms with E-state index >= 15 is 0 Å². The minimum absolute atomic E-state index is 0.0481. The fourth-order valence-corrected chi connectivity index (χ4v) is 2.76. The molecule has 20 heavy (non-hydrogen) atoms. The van der Waals surface area contributed by atoms with Gasteiger partial charge in [0, 0.05) is 5.69 Å². The van der Waals surface area contributed by atoms with E-state index in [0.29, 0.717) is 0 Å². The summed E-state index contributed by atoms with van der Waals surface area (Å²) >= 11 is 0. The molecule has 1 atom stereocenters. The Balaban J connectivity index is 2.01. The van der Waals surface area contributed by atoms with Crippen molar-refractivity contribution < 1.29 is 4.79 Å². The van der Waals surface area contributed by atoms with Crippen LogP contribution in [0.5, 0.6) is 0 Å². The molecule has 1 aliphatic heterocycles. The number of hydrogen-bond donors (Lipinski definition) is 1. The average Bonchev–Trinajstić information content (AvgIpc) is 2.71. The monoisotopic (exact) mass is 274 g/mol. The predicted octanol–water partition coefficient (Wildman–Crippen LogP) is 3.51. The molecule has 0 spiro atoms. The molecular formula is C17H26N2O. The van der Waals surface area contributed by atoms with Gasteiger partial charge in [0.1, 0.15) is 0 Å². The molecule has 0 saturated carbocycles. The van der Waals surface area contributed by atoms with Crippen molar-refractivity contribution in [2.45, 2.75) is 52.5 Å². The van der Waals surface area contributed by atoms with Crippen molar-refractivity contribution in [3.05, 3.63) is 29.3 Å². The Labute approximate surface area is 122 Å². The fraction of sp³-hybridized carbons (Fsp3) is 0.588. The van der Waals surface area contributed by atoms with Crippen molar-refractivity contribution in [2.24, 2.45) is 0 Å². The third kappa shape index (κ3) is 3.83. The third-order valence-corrected chi connectivity index (χ3v) is 4.22. The second-order valence-electron chi connectivity index (χ2n) is 5.93. The van der Waals surface area contributed by atoms with E-state index in [4.69, 9.17) is 0 Å². The van der Waals surface area contributed by atoms with Crippen molar-refractivity contribution in [3.8, 4) is 0 Å². The third-order valence-electron chi connectivity index (χ3n) is 4.22. The first kappa shape index (κ1) is 15.0. The van der Waals surface area contributed by atoms with Crippen LogP contribution in [0.25, 0.3) is 0 Å². The van der Waals surface area contributed by atoms with Gasteiger partial charge in [-0.1, -0.05) is 25.0 Å². The molecule has 0 aromatic heterocycles. The molecule has 1 saturated heterocycles. The number of amides is 1. The zero-order valence-electron chi connectivity index (χ0n) is 12.9. The van der Waals surface area contributed by atoms with Crippen LogP contribution >= 0.6 is 0 Å². The first-order chi connectivity index (χ1) is 9.58. The van der Waals surface area contributed by atoms with Crippen molar-refractivity contribution in [1.29, 1.82) is 0 Å². The minimum Gasteiger partial charge on any atom is -0.324 e. The number of benzene rings is 1. The number of hydrogen-bond acceptors (Lipinski definition) is 2. The van der Waals surface area contributed by atoms with Crippen LogP contribution < -0.4 is 5.32 Å². The molecule has 2 rings (SSSR count). The summed E-state index contributed by atoms with van der Waals surface area (Å²) in [5, 5.41) is 3.09. The fourth-order valence-electron chi connectivity index (χ4n) is 2.76. The molecule has 0 bridgehead atoms. The molecule has 1 heterocycles. The van der Waals surface area contributed by atoms with Gasteiger partial charge in [0.25, 0.3) is 0 Å². The quantitative estimate of drug-likeness (QED) is 0.915. The smallest absolute Gasteiger partial charge is 0.241 e. The Kier molecular flexibility index (Phi) is 5.18. The van der Waals surface area contributed by atoms with Crippen molar-refractivity contribution in [3.63, 3.8) is 0 Å². The molecule has 3 heteroatoms. The molecule has 3 nitrogen and oxygen atoms in total. The lowest BCUT2D eigenvalue weighted by atomic mass is 10.1. The summed E-state index contributed by atoms with van der Waals surface area (Å²) in [5.41, 5.74) is 3.23. The average molecular weight is 274 g/mol. The molecule has 0 aliphatic carbocycles. The number of nitrogens with one attached hydrogen (secondary N) is 1. The van der Waals surface area contributed by atoms with Gasteiger partial charge in [-0.05, 0) is 63.9 Å². The zero-order valence-corrected chi connectivity index (χ0v) is 12.9. The number of likely N-dealkylation sites (tertiary alicyclic amines) is 1. The molecule has 1 fully saturated rings. The summed E-state index contributed by atoms with van der Waals surface area (Å²) < 4.78 is 0. The lowest BCUT2D eigenvalue weighted by Gasteiger charge is -2.26. The predicted molar refractivity (Wildman–Crippen MR) is 84.0 cm³/mol. The Bertz CT molecular complexity index is 462. The molecule has 1 aliphatic rings. The Morgan fingerprint density at radius 3 is 2.45 bits per heavy atom. The Morgan fingerprint density at radius 2 is 1.80 bits per heavy atom. The van der Waals surface area contributed by atoms with Crippen LogP contribution in [0.15, 0.2) is 18.2 Å². The largest absolute Gasteiger partial charge is 0.324 e. The summed E-state index contributed by atoms with van der Waals surface area (Å²) in [4.78, 5) is 14.7. The van der Waals surface area contributed by atoms with E-state index in [1.165, 1.54) is 31.2 Å². The zero-order chi connectivity index (χ0) is 14.5. The van der Waals surface area contributed by atoms with Gasteiger partial charge in [0.05, 0.1) is 6.04 Å². The lowest BCUT2D eigenvalue weighted by molar-refractivity contribution is -0.120. The second kappa shape index (κ2) is 6.89. The SMILES string of the molecule is Cc1ccc(C)c(NC(=O)C(C)N2CCCCCC2)c1. The maximum Gasteiger partial charge on any atom is 0.241 e. The van der Waals surface area contributed by atoms with Gasteiger partial charge in [-0.15, -0.1) is 0 Å². The van der Waals surface area contributed by atoms with E-state index in [-0.39, 0.29) is 11.9 Å². The number of rotatable bonds is 3. The van der Waals surface area contributed by atoms with Gasteiger partial charge in [0.15, 0.2) is 0 Å². The van der Waals surface area contributed by atoms with Crippen LogP contribution in [-0.4, -0.2) is 29.9 Å². The second-order valence-corrected chi connectivity index (χ2v) is 5.93. The van der Waals surface area contributed by atoms with E-state index in [1.54, 1.807) is 0 Å². The van der Waals surface area contributed by atoms with Crippen LogP contribution in [0.1, 0.15) is 43.7 Å². The maximum atomic E-state index is 12.4. The molecular weight excluding hydrogens is 248 g/mol. The van der Waals surface area contributed by atoms with Gasteiger partial charge in [-0.2, -0.15) is 0 Å². The van der Waals surface area contributed by atoms with E-state index in [2.05, 4.69) is 22.3 Å². The summed E-state index contributed by atoms with van der Waals surface area (Å²) in [6.45, 7) is 8.19. The van der Waals surface area contributed by atoms with Gasteiger partial charge in [0.2, 0.25) is 5.91 Å². The lowest BCUT2D eigenvalue weighted by Crippen LogP contribution is -2.42. The van der Waals surface area contributed by atoms with Gasteiger partial charge >= 0.3 is 0 Å². The van der Waals surface area contributed by atoms with Crippen LogP contribution in [0.3, 0.4) is 0 Å². The highest BCUT2D eigenvalue weighted by atomic mass is 16.2. The van der Waals surface area contributed by atoms with Crippen LogP contribution in [0.2, 0.25) is 0 Å². The Hall–Kier alpha value is -1.35. The summed E-state index contributed by atoms with van der Waals surface area (Å²) in [6.07, 6.45) is 5.01. The van der Waals surface area contributed by atoms with Crippen molar-refractivity contribution >= 4 is 11.6 Å². The minimum atomic E-state index is -0.0481.